The summed E-state index contributed by atoms with van der Waals surface area (Å²) in [5.41, 5.74) is 0.161. The van der Waals surface area contributed by atoms with Gasteiger partial charge < -0.3 is 4.90 Å². The zero-order valence-electron chi connectivity index (χ0n) is 10.4. The average molecular weight is 221 g/mol. The van der Waals surface area contributed by atoms with Crippen molar-refractivity contribution in [1.82, 2.24) is 4.90 Å². The molecular formula is C13H19NO2. The fourth-order valence-corrected chi connectivity index (χ4v) is 1.78. The third-order valence-corrected chi connectivity index (χ3v) is 2.53. The molecule has 1 aliphatic rings. The van der Waals surface area contributed by atoms with Crippen molar-refractivity contribution in [2.24, 2.45) is 5.41 Å². The van der Waals surface area contributed by atoms with E-state index in [0.29, 0.717) is 18.4 Å². The first kappa shape index (κ1) is 12.7. The number of ketones is 2. The van der Waals surface area contributed by atoms with Crippen LogP contribution in [0.3, 0.4) is 0 Å². The van der Waals surface area contributed by atoms with Crippen molar-refractivity contribution in [2.75, 3.05) is 14.1 Å². The summed E-state index contributed by atoms with van der Waals surface area (Å²) in [7, 11) is 3.78. The summed E-state index contributed by atoms with van der Waals surface area (Å²) < 4.78 is 0. The second-order valence-corrected chi connectivity index (χ2v) is 5.25. The van der Waals surface area contributed by atoms with E-state index in [9.17, 15) is 9.59 Å². The number of hydrogen-bond acceptors (Lipinski definition) is 3. The Hall–Kier alpha value is -1.38. The van der Waals surface area contributed by atoms with Crippen LogP contribution in [0, 0.1) is 5.41 Å². The minimum absolute atomic E-state index is 0.0374. The highest BCUT2D eigenvalue weighted by atomic mass is 16.1. The maximum atomic E-state index is 11.8. The predicted octanol–water partition coefficient (Wildman–Crippen LogP) is 1.95. The van der Waals surface area contributed by atoms with Crippen LogP contribution in [0.2, 0.25) is 0 Å². The number of allylic oxidation sites excluding steroid dienone is 3. The fourth-order valence-electron chi connectivity index (χ4n) is 1.78. The quantitative estimate of drug-likeness (QED) is 0.528. The van der Waals surface area contributed by atoms with Crippen LogP contribution in [-0.2, 0) is 9.59 Å². The Morgan fingerprint density at radius 3 is 2.06 bits per heavy atom. The van der Waals surface area contributed by atoms with Crippen LogP contribution in [0.15, 0.2) is 23.9 Å². The molecule has 16 heavy (non-hydrogen) atoms. The molecule has 0 bridgehead atoms. The van der Waals surface area contributed by atoms with Crippen molar-refractivity contribution < 1.29 is 9.59 Å². The lowest BCUT2D eigenvalue weighted by Crippen LogP contribution is -2.31. The third kappa shape index (κ3) is 3.33. The van der Waals surface area contributed by atoms with Gasteiger partial charge in [-0.15, -0.1) is 0 Å². The van der Waals surface area contributed by atoms with Crippen molar-refractivity contribution in [3.05, 3.63) is 23.9 Å². The summed E-state index contributed by atoms with van der Waals surface area (Å²) >= 11 is 0. The molecule has 1 aliphatic carbocycles. The van der Waals surface area contributed by atoms with Gasteiger partial charge in [-0.1, -0.05) is 13.8 Å². The molecule has 1 fully saturated rings. The maximum Gasteiger partial charge on any atom is 0.166 e. The molecule has 3 nitrogen and oxygen atoms in total. The highest BCUT2D eigenvalue weighted by molar-refractivity contribution is 6.22. The zero-order valence-corrected chi connectivity index (χ0v) is 10.4. The molecule has 0 aromatic rings. The summed E-state index contributed by atoms with van der Waals surface area (Å²) in [6, 6.07) is 0. The molecule has 0 N–H and O–H groups in total. The minimum Gasteiger partial charge on any atom is -0.383 e. The van der Waals surface area contributed by atoms with E-state index in [1.54, 1.807) is 12.2 Å². The van der Waals surface area contributed by atoms with Crippen LogP contribution in [0.4, 0.5) is 0 Å². The summed E-state index contributed by atoms with van der Waals surface area (Å²) in [5, 5.41) is 0. The van der Waals surface area contributed by atoms with Crippen LogP contribution in [-0.4, -0.2) is 30.6 Å². The van der Waals surface area contributed by atoms with Gasteiger partial charge in [0.15, 0.2) is 11.6 Å². The van der Waals surface area contributed by atoms with Crippen molar-refractivity contribution in [2.45, 2.75) is 26.7 Å². The Labute approximate surface area is 96.8 Å². The fraction of sp³-hybridized carbons (Fsp3) is 0.538. The average Bonchev–Trinajstić information content (AvgIpc) is 2.07. The molecule has 0 spiro atoms. The Bertz CT molecular complexity index is 340. The van der Waals surface area contributed by atoms with Crippen molar-refractivity contribution in [3.8, 4) is 0 Å². The monoisotopic (exact) mass is 221 g/mol. The molecule has 88 valence electrons. The summed E-state index contributed by atoms with van der Waals surface area (Å²) in [4.78, 5) is 25.4. The van der Waals surface area contributed by atoms with Crippen LogP contribution in [0.25, 0.3) is 0 Å². The summed E-state index contributed by atoms with van der Waals surface area (Å²) in [6.45, 7) is 3.91. The number of carbonyl (C=O) groups excluding carboxylic acids is 2. The molecule has 0 aromatic heterocycles. The molecule has 0 aliphatic heterocycles. The second-order valence-electron chi connectivity index (χ2n) is 5.25. The lowest BCUT2D eigenvalue weighted by Gasteiger charge is -2.28. The standard InChI is InChI=1S/C13H19NO2/c1-13(2)8-11(15)10(12(16)9-13)6-5-7-14(3)4/h5-7H,8-9H2,1-4H3/b7-5-. The molecule has 0 unspecified atom stereocenters. The van der Waals surface area contributed by atoms with Gasteiger partial charge in [-0.2, -0.15) is 0 Å². The zero-order chi connectivity index (χ0) is 12.3. The van der Waals surface area contributed by atoms with E-state index in [0.717, 1.165) is 0 Å². The third-order valence-electron chi connectivity index (χ3n) is 2.53. The van der Waals surface area contributed by atoms with E-state index < -0.39 is 0 Å². The first-order chi connectivity index (χ1) is 7.32. The van der Waals surface area contributed by atoms with Crippen LogP contribution in [0.5, 0.6) is 0 Å². The van der Waals surface area contributed by atoms with E-state index in [1.165, 1.54) is 0 Å². The molecule has 3 heteroatoms. The van der Waals surface area contributed by atoms with Gasteiger partial charge in [0, 0.05) is 26.9 Å². The lowest BCUT2D eigenvalue weighted by atomic mass is 9.74. The van der Waals surface area contributed by atoms with Crippen LogP contribution >= 0.6 is 0 Å². The molecule has 0 radical (unpaired) electrons. The Morgan fingerprint density at radius 2 is 1.62 bits per heavy atom. The Balaban J connectivity index is 2.83. The second kappa shape index (κ2) is 4.64. The molecule has 0 atom stereocenters. The van der Waals surface area contributed by atoms with E-state index in [4.69, 9.17) is 0 Å². The molecular weight excluding hydrogens is 202 g/mol. The molecule has 0 amide bonds. The van der Waals surface area contributed by atoms with Gasteiger partial charge >= 0.3 is 0 Å². The predicted molar refractivity (Wildman–Crippen MR) is 63.9 cm³/mol. The van der Waals surface area contributed by atoms with Crippen molar-refractivity contribution in [1.29, 1.82) is 0 Å². The van der Waals surface area contributed by atoms with Crippen molar-refractivity contribution in [3.63, 3.8) is 0 Å². The number of hydrogen-bond donors (Lipinski definition) is 0. The molecule has 1 rings (SSSR count). The first-order valence-electron chi connectivity index (χ1n) is 5.43. The first-order valence-corrected chi connectivity index (χ1v) is 5.43. The number of Topliss-reactive ketones (excluding diaryl/α,β-unsaturated/α-hetero) is 2. The van der Waals surface area contributed by atoms with Gasteiger partial charge in [0.05, 0.1) is 5.57 Å². The number of nitrogens with zero attached hydrogens (tertiary/aromatic N) is 1. The van der Waals surface area contributed by atoms with Crippen molar-refractivity contribution >= 4 is 11.6 Å². The van der Waals surface area contributed by atoms with E-state index in [2.05, 4.69) is 0 Å². The number of rotatable bonds is 2. The van der Waals surface area contributed by atoms with Gasteiger partial charge in [0.2, 0.25) is 0 Å². The van der Waals surface area contributed by atoms with Gasteiger partial charge in [-0.3, -0.25) is 9.59 Å². The Morgan fingerprint density at radius 1 is 1.12 bits per heavy atom. The molecule has 0 heterocycles. The topological polar surface area (TPSA) is 37.4 Å². The summed E-state index contributed by atoms with van der Waals surface area (Å²) in [6.07, 6.45) is 6.09. The highest BCUT2D eigenvalue weighted by Crippen LogP contribution is 2.33. The van der Waals surface area contributed by atoms with E-state index in [-0.39, 0.29) is 17.0 Å². The van der Waals surface area contributed by atoms with Crippen LogP contribution in [0.1, 0.15) is 26.7 Å². The molecule has 0 aromatic carbocycles. The smallest absolute Gasteiger partial charge is 0.166 e. The van der Waals surface area contributed by atoms with Crippen LogP contribution < -0.4 is 0 Å². The van der Waals surface area contributed by atoms with Gasteiger partial charge in [0.1, 0.15) is 0 Å². The van der Waals surface area contributed by atoms with Gasteiger partial charge in [-0.25, -0.2) is 0 Å². The SMILES string of the molecule is CN(C)/C=C\C=C1C(=O)CC(C)(C)CC1=O. The highest BCUT2D eigenvalue weighted by Gasteiger charge is 2.34. The van der Waals surface area contributed by atoms with E-state index in [1.807, 2.05) is 39.0 Å². The largest absolute Gasteiger partial charge is 0.383 e. The number of carbonyl (C=O) groups is 2. The van der Waals surface area contributed by atoms with E-state index >= 15 is 0 Å². The maximum absolute atomic E-state index is 11.8. The summed E-state index contributed by atoms with van der Waals surface area (Å²) in [5.74, 6) is -0.0747. The molecule has 1 saturated carbocycles. The lowest BCUT2D eigenvalue weighted by molar-refractivity contribution is -0.127. The van der Waals surface area contributed by atoms with Gasteiger partial charge in [-0.05, 0) is 23.8 Å². The normalized spacial score (nSPS) is 20.4. The Kier molecular flexibility index (Phi) is 3.68. The van der Waals surface area contributed by atoms with Gasteiger partial charge in [0.25, 0.3) is 0 Å². The minimum atomic E-state index is -0.184. The molecule has 0 saturated heterocycles.